The third-order valence-corrected chi connectivity index (χ3v) is 2.87. The average molecular weight is 225 g/mol. The Kier molecular flexibility index (Phi) is 2.43. The highest BCUT2D eigenvalue weighted by Crippen LogP contribution is 2.31. The molecule has 0 aliphatic heterocycles. The molecule has 0 saturated heterocycles. The van der Waals surface area contributed by atoms with Crippen molar-refractivity contribution < 1.29 is 9.53 Å². The molecule has 1 aromatic heterocycles. The van der Waals surface area contributed by atoms with Crippen LogP contribution in [0.4, 0.5) is 0 Å². The van der Waals surface area contributed by atoms with E-state index >= 15 is 0 Å². The summed E-state index contributed by atoms with van der Waals surface area (Å²) >= 11 is 5.59. The number of thiol groups is 1. The van der Waals surface area contributed by atoms with Gasteiger partial charge in [0.05, 0.1) is 10.2 Å². The van der Waals surface area contributed by atoms with Crippen LogP contribution < -0.4 is 4.74 Å². The van der Waals surface area contributed by atoms with Gasteiger partial charge < -0.3 is 4.74 Å². The number of nitrogens with zero attached hydrogens (tertiary/aromatic N) is 1. The van der Waals surface area contributed by atoms with Gasteiger partial charge in [-0.2, -0.15) is 0 Å². The molecule has 0 aliphatic rings. The number of ether oxygens (including phenoxy) is 1. The van der Waals surface area contributed by atoms with Gasteiger partial charge in [0.2, 0.25) is 0 Å². The molecule has 0 unspecified atom stereocenters. The van der Waals surface area contributed by atoms with E-state index in [1.54, 1.807) is 0 Å². The summed E-state index contributed by atoms with van der Waals surface area (Å²) in [6, 6.07) is 5.66. The number of rotatable bonds is 1. The summed E-state index contributed by atoms with van der Waals surface area (Å²) in [5.74, 6) is -0.357. The Balaban J connectivity index is 2.51. The first-order valence-corrected chi connectivity index (χ1v) is 5.20. The van der Waals surface area contributed by atoms with E-state index < -0.39 is 0 Å². The van der Waals surface area contributed by atoms with E-state index in [-0.39, 0.29) is 5.97 Å². The van der Waals surface area contributed by atoms with Crippen LogP contribution in [0.25, 0.3) is 10.2 Å². The largest absolute Gasteiger partial charge is 0.398 e. The van der Waals surface area contributed by atoms with E-state index in [1.807, 2.05) is 18.2 Å². The van der Waals surface area contributed by atoms with Gasteiger partial charge in [-0.3, -0.25) is 4.79 Å². The van der Waals surface area contributed by atoms with Crippen LogP contribution in [-0.2, 0) is 4.79 Å². The Hall–Kier alpha value is -1.07. The Bertz CT molecular complexity index is 493. The van der Waals surface area contributed by atoms with Crippen LogP contribution in [0.2, 0.25) is 0 Å². The molecule has 0 spiro atoms. The monoisotopic (exact) mass is 225 g/mol. The molecule has 0 bridgehead atoms. The Labute approximate surface area is 90.1 Å². The number of para-hydroxylation sites is 1. The third-order valence-electron chi connectivity index (χ3n) is 1.61. The topological polar surface area (TPSA) is 39.2 Å². The number of carbonyl (C=O) groups is 1. The van der Waals surface area contributed by atoms with Crippen molar-refractivity contribution in [2.24, 2.45) is 0 Å². The van der Waals surface area contributed by atoms with E-state index in [2.05, 4.69) is 17.6 Å². The van der Waals surface area contributed by atoms with Gasteiger partial charge in [0, 0.05) is 11.8 Å². The number of fused-ring (bicyclic) bond motifs is 1. The second-order valence-corrected chi connectivity index (χ2v) is 4.17. The van der Waals surface area contributed by atoms with E-state index in [4.69, 9.17) is 4.74 Å². The predicted molar refractivity (Wildman–Crippen MR) is 58.2 cm³/mol. The lowest BCUT2D eigenvalue weighted by atomic mass is 10.3. The minimum absolute atomic E-state index is 0.357. The number of aromatic nitrogens is 1. The molecule has 72 valence electrons. The molecule has 2 rings (SSSR count). The molecule has 5 heteroatoms. The molecule has 14 heavy (non-hydrogen) atoms. The Morgan fingerprint density at radius 3 is 3.00 bits per heavy atom. The summed E-state index contributed by atoms with van der Waals surface area (Å²) < 4.78 is 5.86. The minimum atomic E-state index is -0.357. The smallest absolute Gasteiger partial charge is 0.309 e. The zero-order valence-electron chi connectivity index (χ0n) is 7.35. The van der Waals surface area contributed by atoms with Crippen molar-refractivity contribution in [1.29, 1.82) is 0 Å². The molecule has 1 aromatic carbocycles. The van der Waals surface area contributed by atoms with Crippen molar-refractivity contribution in [3.63, 3.8) is 0 Å². The van der Waals surface area contributed by atoms with Crippen LogP contribution in [0.3, 0.4) is 0 Å². The highest BCUT2D eigenvalue weighted by molar-refractivity contribution is 7.80. The van der Waals surface area contributed by atoms with Crippen LogP contribution in [0, 0.1) is 0 Å². The summed E-state index contributed by atoms with van der Waals surface area (Å²) in [4.78, 5) is 15.6. The van der Waals surface area contributed by atoms with E-state index in [1.165, 1.54) is 18.3 Å². The summed E-state index contributed by atoms with van der Waals surface area (Å²) in [6.45, 7) is 1.35. The van der Waals surface area contributed by atoms with Crippen molar-refractivity contribution >= 4 is 40.2 Å². The van der Waals surface area contributed by atoms with Crippen LogP contribution in [0.1, 0.15) is 6.92 Å². The second kappa shape index (κ2) is 3.59. The predicted octanol–water partition coefficient (Wildman–Crippen LogP) is 2.51. The fourth-order valence-corrected chi connectivity index (χ4v) is 2.30. The van der Waals surface area contributed by atoms with Gasteiger partial charge in [0.15, 0.2) is 0 Å². The van der Waals surface area contributed by atoms with Gasteiger partial charge in [-0.15, -0.1) is 12.6 Å². The molecule has 0 saturated carbocycles. The summed E-state index contributed by atoms with van der Waals surface area (Å²) in [5.41, 5.74) is 0.775. The number of benzene rings is 1. The highest BCUT2D eigenvalue weighted by atomic mass is 32.1. The van der Waals surface area contributed by atoms with E-state index in [0.717, 1.165) is 15.1 Å². The van der Waals surface area contributed by atoms with Crippen molar-refractivity contribution in [3.05, 3.63) is 18.2 Å². The number of carbonyl (C=O) groups excluding carboxylic acids is 1. The molecule has 0 fully saturated rings. The first-order valence-electron chi connectivity index (χ1n) is 3.94. The maximum atomic E-state index is 10.7. The van der Waals surface area contributed by atoms with Crippen LogP contribution >= 0.6 is 24.0 Å². The zero-order valence-corrected chi connectivity index (χ0v) is 9.06. The molecule has 2 aromatic rings. The standard InChI is InChI=1S/C9H7NO2S2/c1-5(11)12-9-10-8-6(13)3-2-4-7(8)14-9/h2-4,13H,1H3. The minimum Gasteiger partial charge on any atom is -0.398 e. The van der Waals surface area contributed by atoms with Crippen LogP contribution in [0.15, 0.2) is 23.1 Å². The normalized spacial score (nSPS) is 10.4. The molecule has 0 radical (unpaired) electrons. The molecule has 0 aliphatic carbocycles. The average Bonchev–Trinajstić information content (AvgIpc) is 2.47. The van der Waals surface area contributed by atoms with Crippen molar-refractivity contribution in [2.75, 3.05) is 0 Å². The summed E-state index contributed by atoms with van der Waals surface area (Å²) in [6.07, 6.45) is 0. The SMILES string of the molecule is CC(=O)Oc1nc2c(S)cccc2s1. The van der Waals surface area contributed by atoms with Crippen LogP contribution in [-0.4, -0.2) is 11.0 Å². The van der Waals surface area contributed by atoms with Gasteiger partial charge in [-0.25, -0.2) is 4.98 Å². The lowest BCUT2D eigenvalue weighted by Crippen LogP contribution is -2.00. The van der Waals surface area contributed by atoms with Gasteiger partial charge in [-0.05, 0) is 12.1 Å². The van der Waals surface area contributed by atoms with Gasteiger partial charge in [0.1, 0.15) is 0 Å². The first kappa shape index (κ1) is 9.48. The van der Waals surface area contributed by atoms with E-state index in [0.29, 0.717) is 5.19 Å². The van der Waals surface area contributed by atoms with E-state index in [9.17, 15) is 4.79 Å². The molecule has 0 atom stereocenters. The number of thiazole rings is 1. The summed E-state index contributed by atoms with van der Waals surface area (Å²) in [5, 5.41) is 0.369. The number of hydrogen-bond acceptors (Lipinski definition) is 5. The summed E-state index contributed by atoms with van der Waals surface area (Å²) in [7, 11) is 0. The Morgan fingerprint density at radius 2 is 2.36 bits per heavy atom. The fourth-order valence-electron chi connectivity index (χ4n) is 1.08. The maximum Gasteiger partial charge on any atom is 0.309 e. The fraction of sp³-hybridized carbons (Fsp3) is 0.111. The molecular formula is C9H7NO2S2. The molecule has 1 heterocycles. The van der Waals surface area contributed by atoms with Gasteiger partial charge in [-0.1, -0.05) is 17.4 Å². The number of esters is 1. The van der Waals surface area contributed by atoms with Crippen LogP contribution in [0.5, 0.6) is 5.19 Å². The second-order valence-electron chi connectivity index (χ2n) is 2.70. The Morgan fingerprint density at radius 1 is 1.57 bits per heavy atom. The maximum absolute atomic E-state index is 10.7. The highest BCUT2D eigenvalue weighted by Gasteiger charge is 2.08. The zero-order chi connectivity index (χ0) is 10.1. The lowest BCUT2D eigenvalue weighted by Gasteiger charge is -1.91. The quantitative estimate of drug-likeness (QED) is 0.598. The van der Waals surface area contributed by atoms with Crippen molar-refractivity contribution in [2.45, 2.75) is 11.8 Å². The lowest BCUT2D eigenvalue weighted by molar-refractivity contribution is -0.131. The molecule has 3 nitrogen and oxygen atoms in total. The molecular weight excluding hydrogens is 218 g/mol. The molecule has 0 N–H and O–H groups in total. The third kappa shape index (κ3) is 1.73. The van der Waals surface area contributed by atoms with Crippen molar-refractivity contribution in [3.8, 4) is 5.19 Å². The van der Waals surface area contributed by atoms with Gasteiger partial charge in [0.25, 0.3) is 5.19 Å². The number of hydrogen-bond donors (Lipinski definition) is 1. The van der Waals surface area contributed by atoms with Crippen molar-refractivity contribution in [1.82, 2.24) is 4.98 Å². The van der Waals surface area contributed by atoms with Gasteiger partial charge >= 0.3 is 5.97 Å². The molecule has 0 amide bonds. The first-order chi connectivity index (χ1) is 6.66.